The molecule has 1 aromatic carbocycles. The van der Waals surface area contributed by atoms with E-state index in [1.807, 2.05) is 18.2 Å². The Morgan fingerprint density at radius 1 is 1.21 bits per heavy atom. The van der Waals surface area contributed by atoms with E-state index in [2.05, 4.69) is 9.80 Å². The second-order valence-corrected chi connectivity index (χ2v) is 4.89. The smallest absolute Gasteiger partial charge is 0.217 e. The van der Waals surface area contributed by atoms with Gasteiger partial charge in [0.1, 0.15) is 5.75 Å². The first kappa shape index (κ1) is 13.7. The summed E-state index contributed by atoms with van der Waals surface area (Å²) >= 11 is 0. The van der Waals surface area contributed by atoms with Crippen LogP contribution in [0.15, 0.2) is 24.3 Å². The molecule has 1 amide bonds. The van der Waals surface area contributed by atoms with Crippen molar-refractivity contribution in [1.82, 2.24) is 4.90 Å². The molecule has 1 aliphatic heterocycles. The topological polar surface area (TPSA) is 69.8 Å². The molecule has 0 atom stereocenters. The van der Waals surface area contributed by atoms with Crippen molar-refractivity contribution >= 4 is 11.6 Å². The molecular formula is C14H21N3O2. The predicted molar refractivity (Wildman–Crippen MR) is 75.2 cm³/mol. The average molecular weight is 263 g/mol. The molecule has 0 unspecified atom stereocenters. The highest BCUT2D eigenvalue weighted by atomic mass is 16.3. The number of anilines is 1. The number of primary amides is 1. The highest BCUT2D eigenvalue weighted by Crippen LogP contribution is 2.27. The molecule has 0 bridgehead atoms. The maximum atomic E-state index is 10.7. The predicted octanol–water partition coefficient (Wildman–Crippen LogP) is 0.780. The van der Waals surface area contributed by atoms with Gasteiger partial charge in [-0.15, -0.1) is 0 Å². The standard InChI is InChI=1S/C14H21N3O2/c15-14(19)6-3-7-16-8-10-17(11-9-16)12-4-1-2-5-13(12)18/h1-2,4-5,18H,3,6-11H2,(H2,15,19). The maximum Gasteiger partial charge on any atom is 0.217 e. The number of piperazine rings is 1. The zero-order valence-corrected chi connectivity index (χ0v) is 11.1. The third-order valence-electron chi connectivity index (χ3n) is 3.49. The minimum absolute atomic E-state index is 0.229. The van der Waals surface area contributed by atoms with Crippen LogP contribution in [-0.2, 0) is 4.79 Å². The van der Waals surface area contributed by atoms with Crippen molar-refractivity contribution in [3.8, 4) is 5.75 Å². The van der Waals surface area contributed by atoms with E-state index in [0.717, 1.165) is 44.8 Å². The van der Waals surface area contributed by atoms with E-state index in [-0.39, 0.29) is 5.91 Å². The number of phenolic OH excluding ortho intramolecular Hbond substituents is 1. The Balaban J connectivity index is 1.79. The van der Waals surface area contributed by atoms with Crippen LogP contribution in [0.1, 0.15) is 12.8 Å². The quantitative estimate of drug-likeness (QED) is 0.823. The van der Waals surface area contributed by atoms with E-state index in [1.54, 1.807) is 6.07 Å². The highest BCUT2D eigenvalue weighted by molar-refractivity contribution is 5.73. The van der Waals surface area contributed by atoms with Gasteiger partial charge < -0.3 is 15.7 Å². The van der Waals surface area contributed by atoms with Gasteiger partial charge in [-0.2, -0.15) is 0 Å². The molecule has 0 aliphatic carbocycles. The first-order chi connectivity index (χ1) is 9.16. The van der Waals surface area contributed by atoms with Crippen LogP contribution in [0.5, 0.6) is 5.75 Å². The normalized spacial score (nSPS) is 16.5. The van der Waals surface area contributed by atoms with Crippen LogP contribution in [-0.4, -0.2) is 48.6 Å². The maximum absolute atomic E-state index is 10.7. The first-order valence-electron chi connectivity index (χ1n) is 6.70. The van der Waals surface area contributed by atoms with Gasteiger partial charge in [-0.3, -0.25) is 9.69 Å². The van der Waals surface area contributed by atoms with Gasteiger partial charge in [0.15, 0.2) is 0 Å². The molecule has 5 heteroatoms. The molecule has 0 spiro atoms. The van der Waals surface area contributed by atoms with Gasteiger partial charge in [-0.1, -0.05) is 12.1 Å². The van der Waals surface area contributed by atoms with Crippen molar-refractivity contribution in [3.05, 3.63) is 24.3 Å². The number of amides is 1. The van der Waals surface area contributed by atoms with Crippen LogP contribution in [0.4, 0.5) is 5.69 Å². The largest absolute Gasteiger partial charge is 0.506 e. The van der Waals surface area contributed by atoms with Gasteiger partial charge in [0.05, 0.1) is 5.69 Å². The van der Waals surface area contributed by atoms with Crippen molar-refractivity contribution in [1.29, 1.82) is 0 Å². The van der Waals surface area contributed by atoms with Crippen LogP contribution in [0, 0.1) is 0 Å². The Kier molecular flexibility index (Phi) is 4.63. The van der Waals surface area contributed by atoms with Gasteiger partial charge in [0.25, 0.3) is 0 Å². The number of nitrogens with zero attached hydrogens (tertiary/aromatic N) is 2. The van der Waals surface area contributed by atoms with Crippen LogP contribution in [0.25, 0.3) is 0 Å². The molecule has 19 heavy (non-hydrogen) atoms. The molecule has 0 radical (unpaired) electrons. The molecule has 1 aliphatic rings. The summed E-state index contributed by atoms with van der Waals surface area (Å²) in [7, 11) is 0. The fourth-order valence-corrected chi connectivity index (χ4v) is 2.42. The lowest BCUT2D eigenvalue weighted by atomic mass is 10.2. The fourth-order valence-electron chi connectivity index (χ4n) is 2.42. The van der Waals surface area contributed by atoms with Crippen LogP contribution in [0.3, 0.4) is 0 Å². The third kappa shape index (κ3) is 3.86. The summed E-state index contributed by atoms with van der Waals surface area (Å²) in [5, 5.41) is 9.82. The summed E-state index contributed by atoms with van der Waals surface area (Å²) in [6.07, 6.45) is 1.28. The summed E-state index contributed by atoms with van der Waals surface area (Å²) < 4.78 is 0. The number of aromatic hydroxyl groups is 1. The Morgan fingerprint density at radius 3 is 2.53 bits per heavy atom. The number of para-hydroxylation sites is 2. The van der Waals surface area contributed by atoms with Crippen molar-refractivity contribution < 1.29 is 9.90 Å². The van der Waals surface area contributed by atoms with Gasteiger partial charge in [0.2, 0.25) is 5.91 Å². The van der Waals surface area contributed by atoms with Crippen LogP contribution >= 0.6 is 0 Å². The lowest BCUT2D eigenvalue weighted by molar-refractivity contribution is -0.118. The average Bonchev–Trinajstić information content (AvgIpc) is 2.40. The zero-order valence-electron chi connectivity index (χ0n) is 11.1. The van der Waals surface area contributed by atoms with E-state index in [0.29, 0.717) is 12.2 Å². The SMILES string of the molecule is NC(=O)CCCN1CCN(c2ccccc2O)CC1. The van der Waals surface area contributed by atoms with Crippen molar-refractivity contribution in [2.24, 2.45) is 5.73 Å². The zero-order chi connectivity index (χ0) is 13.7. The molecule has 3 N–H and O–H groups in total. The molecule has 1 heterocycles. The number of carbonyl (C=O) groups excluding carboxylic acids is 1. The monoisotopic (exact) mass is 263 g/mol. The summed E-state index contributed by atoms with van der Waals surface area (Å²) in [6, 6.07) is 7.43. The molecular weight excluding hydrogens is 242 g/mol. The molecule has 0 aromatic heterocycles. The second kappa shape index (κ2) is 6.43. The molecule has 0 saturated carbocycles. The Morgan fingerprint density at radius 2 is 1.89 bits per heavy atom. The summed E-state index contributed by atoms with van der Waals surface area (Å²) in [5.74, 6) is 0.109. The van der Waals surface area contributed by atoms with Crippen LogP contribution in [0.2, 0.25) is 0 Å². The Bertz CT molecular complexity index is 428. The lowest BCUT2D eigenvalue weighted by Gasteiger charge is -2.36. The molecule has 1 fully saturated rings. The summed E-state index contributed by atoms with van der Waals surface area (Å²) in [6.45, 7) is 4.61. The van der Waals surface area contributed by atoms with Gasteiger partial charge >= 0.3 is 0 Å². The molecule has 1 aromatic rings. The fraction of sp³-hybridized carbons (Fsp3) is 0.500. The third-order valence-corrected chi connectivity index (χ3v) is 3.49. The van der Waals surface area contributed by atoms with E-state index < -0.39 is 0 Å². The summed E-state index contributed by atoms with van der Waals surface area (Å²) in [5.41, 5.74) is 6.03. The van der Waals surface area contributed by atoms with Gasteiger partial charge in [-0.05, 0) is 25.1 Å². The Labute approximate surface area is 113 Å². The van der Waals surface area contributed by atoms with E-state index in [1.165, 1.54) is 0 Å². The number of hydrogen-bond donors (Lipinski definition) is 2. The second-order valence-electron chi connectivity index (χ2n) is 4.89. The molecule has 1 saturated heterocycles. The minimum Gasteiger partial charge on any atom is -0.506 e. The highest BCUT2D eigenvalue weighted by Gasteiger charge is 2.18. The lowest BCUT2D eigenvalue weighted by Crippen LogP contribution is -2.46. The summed E-state index contributed by atoms with van der Waals surface area (Å²) in [4.78, 5) is 15.2. The minimum atomic E-state index is -0.229. The number of rotatable bonds is 5. The number of benzene rings is 1. The van der Waals surface area contributed by atoms with E-state index >= 15 is 0 Å². The van der Waals surface area contributed by atoms with Crippen molar-refractivity contribution in [3.63, 3.8) is 0 Å². The van der Waals surface area contributed by atoms with Crippen molar-refractivity contribution in [2.75, 3.05) is 37.6 Å². The number of phenols is 1. The molecule has 5 nitrogen and oxygen atoms in total. The van der Waals surface area contributed by atoms with E-state index in [9.17, 15) is 9.90 Å². The Hall–Kier alpha value is -1.75. The number of hydrogen-bond acceptors (Lipinski definition) is 4. The van der Waals surface area contributed by atoms with E-state index in [4.69, 9.17) is 5.73 Å². The number of nitrogens with two attached hydrogens (primary N) is 1. The van der Waals surface area contributed by atoms with Gasteiger partial charge in [-0.25, -0.2) is 0 Å². The first-order valence-corrected chi connectivity index (χ1v) is 6.70. The number of carbonyl (C=O) groups is 1. The molecule has 2 rings (SSSR count). The van der Waals surface area contributed by atoms with Crippen molar-refractivity contribution in [2.45, 2.75) is 12.8 Å². The van der Waals surface area contributed by atoms with Crippen LogP contribution < -0.4 is 10.6 Å². The van der Waals surface area contributed by atoms with Gasteiger partial charge in [0, 0.05) is 32.6 Å². The molecule has 104 valence electrons.